The molecule has 0 amide bonds. The third-order valence-electron chi connectivity index (χ3n) is 3.21. The molecule has 1 atom stereocenters. The fourth-order valence-electron chi connectivity index (χ4n) is 2.14. The highest BCUT2D eigenvalue weighted by Gasteiger charge is 2.21. The molecule has 1 aliphatic heterocycles. The zero-order valence-electron chi connectivity index (χ0n) is 10.4. The van der Waals surface area contributed by atoms with Gasteiger partial charge in [0.1, 0.15) is 0 Å². The first-order valence-corrected chi connectivity index (χ1v) is 6.11. The lowest BCUT2D eigenvalue weighted by molar-refractivity contribution is 0.0385. The smallest absolute Gasteiger partial charge is 0.335 e. The van der Waals surface area contributed by atoms with Crippen molar-refractivity contribution in [1.29, 1.82) is 0 Å². The van der Waals surface area contributed by atoms with Gasteiger partial charge in [-0.3, -0.25) is 0 Å². The van der Waals surface area contributed by atoms with Crippen molar-refractivity contribution in [1.82, 2.24) is 0 Å². The van der Waals surface area contributed by atoms with Crippen molar-refractivity contribution in [3.63, 3.8) is 0 Å². The number of carbonyl (C=O) groups is 1. The molecule has 1 heterocycles. The number of nitrogens with zero attached hydrogens (tertiary/aromatic N) is 1. The normalized spacial score (nSPS) is 19.8. The fourth-order valence-corrected chi connectivity index (χ4v) is 2.14. The molecule has 5 heteroatoms. The standard InChI is InChI=1S/C13H18N2O3/c1-2-10-8-15(5-6-18-10)12-7-9(13(16)17)3-4-11(12)14/h3-4,7,10H,2,5-6,8,14H2,1H3,(H,16,17). The van der Waals surface area contributed by atoms with E-state index in [0.29, 0.717) is 12.3 Å². The van der Waals surface area contributed by atoms with Gasteiger partial charge in [0.05, 0.1) is 29.6 Å². The molecular formula is C13H18N2O3. The van der Waals surface area contributed by atoms with Crippen LogP contribution in [-0.4, -0.2) is 36.9 Å². The third kappa shape index (κ3) is 2.56. The molecule has 1 saturated heterocycles. The van der Waals surface area contributed by atoms with Gasteiger partial charge in [-0.1, -0.05) is 6.92 Å². The molecule has 0 saturated carbocycles. The van der Waals surface area contributed by atoms with Gasteiger partial charge in [-0.15, -0.1) is 0 Å². The summed E-state index contributed by atoms with van der Waals surface area (Å²) >= 11 is 0. The van der Waals surface area contributed by atoms with Crippen molar-refractivity contribution in [2.24, 2.45) is 0 Å². The van der Waals surface area contributed by atoms with Crippen molar-refractivity contribution in [3.8, 4) is 0 Å². The molecule has 0 aliphatic carbocycles. The van der Waals surface area contributed by atoms with Crippen LogP contribution in [0.15, 0.2) is 18.2 Å². The van der Waals surface area contributed by atoms with Gasteiger partial charge in [0.2, 0.25) is 0 Å². The highest BCUT2D eigenvalue weighted by atomic mass is 16.5. The Morgan fingerprint density at radius 3 is 3.06 bits per heavy atom. The number of aromatic carboxylic acids is 1. The van der Waals surface area contributed by atoms with E-state index in [1.54, 1.807) is 12.1 Å². The number of carboxylic acids is 1. The Morgan fingerprint density at radius 1 is 1.61 bits per heavy atom. The molecule has 1 unspecified atom stereocenters. The summed E-state index contributed by atoms with van der Waals surface area (Å²) in [5, 5.41) is 9.01. The minimum absolute atomic E-state index is 0.187. The van der Waals surface area contributed by atoms with Gasteiger partial charge in [0.15, 0.2) is 0 Å². The summed E-state index contributed by atoms with van der Waals surface area (Å²) < 4.78 is 5.60. The maximum atomic E-state index is 11.0. The Labute approximate surface area is 106 Å². The number of rotatable bonds is 3. The van der Waals surface area contributed by atoms with E-state index in [-0.39, 0.29) is 11.7 Å². The molecule has 5 nitrogen and oxygen atoms in total. The number of morpholine rings is 1. The number of benzene rings is 1. The fraction of sp³-hybridized carbons (Fsp3) is 0.462. The molecule has 98 valence electrons. The van der Waals surface area contributed by atoms with E-state index in [0.717, 1.165) is 25.2 Å². The van der Waals surface area contributed by atoms with Crippen molar-refractivity contribution in [3.05, 3.63) is 23.8 Å². The quantitative estimate of drug-likeness (QED) is 0.797. The van der Waals surface area contributed by atoms with E-state index in [9.17, 15) is 4.79 Å². The molecule has 0 aromatic heterocycles. The van der Waals surface area contributed by atoms with Crippen LogP contribution in [-0.2, 0) is 4.74 Å². The Morgan fingerprint density at radius 2 is 2.39 bits per heavy atom. The van der Waals surface area contributed by atoms with E-state index in [1.165, 1.54) is 6.07 Å². The lowest BCUT2D eigenvalue weighted by atomic mass is 10.1. The van der Waals surface area contributed by atoms with Gasteiger partial charge in [-0.05, 0) is 24.6 Å². The summed E-state index contributed by atoms with van der Waals surface area (Å²) in [6, 6.07) is 4.81. The van der Waals surface area contributed by atoms with Crippen LogP contribution >= 0.6 is 0 Å². The number of hydrogen-bond acceptors (Lipinski definition) is 4. The first kappa shape index (κ1) is 12.7. The predicted octanol–water partition coefficient (Wildman–Crippen LogP) is 1.58. The van der Waals surface area contributed by atoms with Crippen LogP contribution in [0.1, 0.15) is 23.7 Å². The van der Waals surface area contributed by atoms with Crippen LogP contribution in [0.25, 0.3) is 0 Å². The first-order valence-electron chi connectivity index (χ1n) is 6.11. The molecule has 1 fully saturated rings. The second-order valence-electron chi connectivity index (χ2n) is 4.43. The molecule has 3 N–H and O–H groups in total. The first-order chi connectivity index (χ1) is 8.61. The van der Waals surface area contributed by atoms with Gasteiger partial charge in [0.25, 0.3) is 0 Å². The molecule has 0 bridgehead atoms. The molecule has 1 aromatic rings. The van der Waals surface area contributed by atoms with E-state index in [1.807, 2.05) is 0 Å². The third-order valence-corrected chi connectivity index (χ3v) is 3.21. The van der Waals surface area contributed by atoms with Crippen LogP contribution in [0.5, 0.6) is 0 Å². The SMILES string of the molecule is CCC1CN(c2cc(C(=O)O)ccc2N)CCO1. The average molecular weight is 250 g/mol. The van der Waals surface area contributed by atoms with Crippen LogP contribution in [0.3, 0.4) is 0 Å². The summed E-state index contributed by atoms with van der Waals surface area (Å²) in [5.74, 6) is -0.934. The molecule has 18 heavy (non-hydrogen) atoms. The maximum absolute atomic E-state index is 11.0. The monoisotopic (exact) mass is 250 g/mol. The van der Waals surface area contributed by atoms with Crippen LogP contribution in [0.4, 0.5) is 11.4 Å². The number of ether oxygens (including phenoxy) is 1. The number of anilines is 2. The van der Waals surface area contributed by atoms with Crippen molar-refractivity contribution in [2.75, 3.05) is 30.3 Å². The average Bonchev–Trinajstić information content (AvgIpc) is 2.39. The summed E-state index contributed by atoms with van der Waals surface area (Å²) in [4.78, 5) is 13.1. The largest absolute Gasteiger partial charge is 0.478 e. The molecule has 0 spiro atoms. The summed E-state index contributed by atoms with van der Waals surface area (Å²) in [6.07, 6.45) is 1.13. The van der Waals surface area contributed by atoms with Crippen LogP contribution in [0, 0.1) is 0 Å². The molecule has 0 radical (unpaired) electrons. The zero-order valence-corrected chi connectivity index (χ0v) is 10.4. The van der Waals surface area contributed by atoms with Gasteiger partial charge in [-0.25, -0.2) is 4.79 Å². The van der Waals surface area contributed by atoms with E-state index in [4.69, 9.17) is 15.6 Å². The van der Waals surface area contributed by atoms with Gasteiger partial charge >= 0.3 is 5.97 Å². The Hall–Kier alpha value is -1.75. The van der Waals surface area contributed by atoms with Gasteiger partial charge in [0, 0.05) is 13.1 Å². The summed E-state index contributed by atoms with van der Waals surface area (Å²) in [6.45, 7) is 4.22. The van der Waals surface area contributed by atoms with E-state index in [2.05, 4.69) is 11.8 Å². The highest BCUT2D eigenvalue weighted by Crippen LogP contribution is 2.26. The lowest BCUT2D eigenvalue weighted by Gasteiger charge is -2.34. The van der Waals surface area contributed by atoms with Gasteiger partial charge < -0.3 is 20.5 Å². The maximum Gasteiger partial charge on any atom is 0.335 e. The molecule has 2 rings (SSSR count). The number of carboxylic acid groups (broad SMARTS) is 1. The second-order valence-corrected chi connectivity index (χ2v) is 4.43. The number of nitrogens with two attached hydrogens (primary N) is 1. The molecular weight excluding hydrogens is 232 g/mol. The number of nitrogen functional groups attached to an aromatic ring is 1. The van der Waals surface area contributed by atoms with Crippen molar-refractivity contribution in [2.45, 2.75) is 19.4 Å². The van der Waals surface area contributed by atoms with Crippen molar-refractivity contribution >= 4 is 17.3 Å². The van der Waals surface area contributed by atoms with Gasteiger partial charge in [-0.2, -0.15) is 0 Å². The van der Waals surface area contributed by atoms with E-state index < -0.39 is 5.97 Å². The van der Waals surface area contributed by atoms with E-state index >= 15 is 0 Å². The lowest BCUT2D eigenvalue weighted by Crippen LogP contribution is -2.42. The second kappa shape index (κ2) is 5.27. The highest BCUT2D eigenvalue weighted by molar-refractivity contribution is 5.90. The zero-order chi connectivity index (χ0) is 13.1. The minimum Gasteiger partial charge on any atom is -0.478 e. The number of hydrogen-bond donors (Lipinski definition) is 2. The van der Waals surface area contributed by atoms with Crippen LogP contribution in [0.2, 0.25) is 0 Å². The summed E-state index contributed by atoms with van der Waals surface area (Å²) in [7, 11) is 0. The Bertz CT molecular complexity index is 448. The topological polar surface area (TPSA) is 75.8 Å². The van der Waals surface area contributed by atoms with Crippen LogP contribution < -0.4 is 10.6 Å². The Kier molecular flexibility index (Phi) is 3.72. The molecule has 1 aliphatic rings. The summed E-state index contributed by atoms with van der Waals surface area (Å²) in [5.41, 5.74) is 7.59. The predicted molar refractivity (Wildman–Crippen MR) is 70.1 cm³/mol. The minimum atomic E-state index is -0.934. The molecule has 1 aromatic carbocycles. The Balaban J connectivity index is 2.26. The van der Waals surface area contributed by atoms with Crippen molar-refractivity contribution < 1.29 is 14.6 Å².